The number of anilines is 1. The number of carbonyl (C=O) groups is 1. The maximum Gasteiger partial charge on any atom is 0.339 e. The predicted octanol–water partition coefficient (Wildman–Crippen LogP) is 2.40. The van der Waals surface area contributed by atoms with Crippen LogP contribution in [0.3, 0.4) is 0 Å². The third kappa shape index (κ3) is 1.77. The van der Waals surface area contributed by atoms with Crippen LogP contribution in [0.25, 0.3) is 11.1 Å². The Kier molecular flexibility index (Phi) is 2.62. The largest absolute Gasteiger partial charge is 0.478 e. The van der Waals surface area contributed by atoms with Crippen LogP contribution in [0.4, 0.5) is 5.82 Å². The lowest BCUT2D eigenvalue weighted by atomic mass is 10.1. The molecule has 4 nitrogen and oxygen atoms in total. The summed E-state index contributed by atoms with van der Waals surface area (Å²) in [5.41, 5.74) is 7.32. The number of hydrogen-bond donors (Lipinski definition) is 2. The van der Waals surface area contributed by atoms with Crippen LogP contribution < -0.4 is 5.73 Å². The summed E-state index contributed by atoms with van der Waals surface area (Å²) in [5, 5.41) is 10.9. The molecule has 0 aliphatic rings. The number of aromatic nitrogens is 1. The van der Waals surface area contributed by atoms with Crippen LogP contribution >= 0.6 is 11.3 Å². The molecular weight excluding hydrogens is 224 g/mol. The van der Waals surface area contributed by atoms with Gasteiger partial charge in [-0.2, -0.15) is 0 Å². The average Bonchev–Trinajstić information content (AvgIpc) is 2.65. The molecule has 0 aromatic carbocycles. The monoisotopic (exact) mass is 234 g/mol. The lowest BCUT2D eigenvalue weighted by Gasteiger charge is -2.04. The summed E-state index contributed by atoms with van der Waals surface area (Å²) in [6.45, 7) is 1.98. The molecule has 2 aromatic rings. The molecule has 0 bridgehead atoms. The van der Waals surface area contributed by atoms with Crippen molar-refractivity contribution in [3.8, 4) is 11.1 Å². The summed E-state index contributed by atoms with van der Waals surface area (Å²) in [4.78, 5) is 15.9. The number of nitrogen functional groups attached to an aromatic ring is 1. The zero-order valence-electron chi connectivity index (χ0n) is 8.60. The van der Waals surface area contributed by atoms with Crippen LogP contribution in [0.15, 0.2) is 23.7 Å². The van der Waals surface area contributed by atoms with Crippen molar-refractivity contribution in [3.05, 3.63) is 34.2 Å². The number of hydrogen-bond acceptors (Lipinski definition) is 4. The minimum absolute atomic E-state index is 0.0445. The van der Waals surface area contributed by atoms with Gasteiger partial charge in [-0.05, 0) is 30.0 Å². The Morgan fingerprint density at radius 3 is 2.88 bits per heavy atom. The minimum atomic E-state index is -1.06. The smallest absolute Gasteiger partial charge is 0.339 e. The normalized spacial score (nSPS) is 10.3. The first-order chi connectivity index (χ1) is 7.59. The zero-order chi connectivity index (χ0) is 11.7. The Bertz CT molecular complexity index is 549. The molecule has 2 aromatic heterocycles. The summed E-state index contributed by atoms with van der Waals surface area (Å²) in [6.07, 6.45) is 1.59. The van der Waals surface area contributed by atoms with Gasteiger partial charge in [0, 0.05) is 16.6 Å². The Balaban J connectivity index is 2.56. The molecular formula is C11H10N2O2S. The molecule has 0 saturated heterocycles. The molecule has 3 N–H and O–H groups in total. The molecule has 2 rings (SSSR count). The molecule has 0 atom stereocenters. The summed E-state index contributed by atoms with van der Waals surface area (Å²) >= 11 is 1.61. The topological polar surface area (TPSA) is 76.2 Å². The van der Waals surface area contributed by atoms with Crippen LogP contribution in [0.5, 0.6) is 0 Å². The Morgan fingerprint density at radius 2 is 2.31 bits per heavy atom. The predicted molar refractivity (Wildman–Crippen MR) is 63.7 cm³/mol. The van der Waals surface area contributed by atoms with Crippen LogP contribution in [0, 0.1) is 6.92 Å². The highest BCUT2D eigenvalue weighted by atomic mass is 32.1. The Labute approximate surface area is 96.4 Å². The van der Waals surface area contributed by atoms with Crippen molar-refractivity contribution in [1.29, 1.82) is 0 Å². The second-order valence-electron chi connectivity index (χ2n) is 3.35. The molecule has 82 valence electrons. The molecule has 5 heteroatoms. The van der Waals surface area contributed by atoms with E-state index in [2.05, 4.69) is 4.98 Å². The first kappa shape index (κ1) is 10.6. The number of aryl methyl sites for hydroxylation is 1. The van der Waals surface area contributed by atoms with Crippen LogP contribution in [0.1, 0.15) is 15.2 Å². The lowest BCUT2D eigenvalue weighted by molar-refractivity contribution is 0.0698. The second kappa shape index (κ2) is 3.94. The maximum absolute atomic E-state index is 10.9. The van der Waals surface area contributed by atoms with Gasteiger partial charge < -0.3 is 10.8 Å². The molecule has 0 saturated carbocycles. The first-order valence-electron chi connectivity index (χ1n) is 4.63. The molecule has 0 spiro atoms. The minimum Gasteiger partial charge on any atom is -0.478 e. The number of nitrogens with two attached hydrogens (primary N) is 1. The summed E-state index contributed by atoms with van der Waals surface area (Å²) < 4.78 is 0. The standard InChI is InChI=1S/C11H10N2O2S/c1-6-8(2-3-16-6)7-4-9(11(14)15)10(12)13-5-7/h2-5H,1H3,(H2,12,13)(H,14,15). The summed E-state index contributed by atoms with van der Waals surface area (Å²) in [7, 11) is 0. The van der Waals surface area contributed by atoms with Gasteiger partial charge in [0.1, 0.15) is 11.4 Å². The Hall–Kier alpha value is -1.88. The van der Waals surface area contributed by atoms with E-state index < -0.39 is 5.97 Å². The number of rotatable bonds is 2. The van der Waals surface area contributed by atoms with Crippen molar-refractivity contribution in [2.75, 3.05) is 5.73 Å². The maximum atomic E-state index is 10.9. The van der Waals surface area contributed by atoms with Crippen molar-refractivity contribution in [2.24, 2.45) is 0 Å². The van der Waals surface area contributed by atoms with E-state index in [4.69, 9.17) is 10.8 Å². The van der Waals surface area contributed by atoms with E-state index in [1.807, 2.05) is 18.4 Å². The van der Waals surface area contributed by atoms with Gasteiger partial charge in [-0.15, -0.1) is 11.3 Å². The van der Waals surface area contributed by atoms with E-state index in [-0.39, 0.29) is 11.4 Å². The third-order valence-electron chi connectivity index (χ3n) is 2.32. The van der Waals surface area contributed by atoms with Crippen LogP contribution in [-0.4, -0.2) is 16.1 Å². The number of pyridine rings is 1. The third-order valence-corrected chi connectivity index (χ3v) is 3.16. The highest BCUT2D eigenvalue weighted by Crippen LogP contribution is 2.28. The SMILES string of the molecule is Cc1sccc1-c1cnc(N)c(C(=O)O)c1. The van der Waals surface area contributed by atoms with Gasteiger partial charge in [0.25, 0.3) is 0 Å². The van der Waals surface area contributed by atoms with Crippen molar-refractivity contribution >= 4 is 23.1 Å². The van der Waals surface area contributed by atoms with Gasteiger partial charge in [0.2, 0.25) is 0 Å². The molecule has 16 heavy (non-hydrogen) atoms. The van der Waals surface area contributed by atoms with Crippen LogP contribution in [-0.2, 0) is 0 Å². The van der Waals surface area contributed by atoms with Gasteiger partial charge in [0.05, 0.1) is 0 Å². The van der Waals surface area contributed by atoms with Gasteiger partial charge >= 0.3 is 5.97 Å². The van der Waals surface area contributed by atoms with Gasteiger partial charge in [-0.3, -0.25) is 0 Å². The van der Waals surface area contributed by atoms with Crippen molar-refractivity contribution in [3.63, 3.8) is 0 Å². The van der Waals surface area contributed by atoms with E-state index in [1.165, 1.54) is 0 Å². The average molecular weight is 234 g/mol. The Morgan fingerprint density at radius 1 is 1.56 bits per heavy atom. The number of carboxylic acids is 1. The van der Waals surface area contributed by atoms with Crippen molar-refractivity contribution < 1.29 is 9.90 Å². The molecule has 0 fully saturated rings. The highest BCUT2D eigenvalue weighted by molar-refractivity contribution is 7.10. The summed E-state index contributed by atoms with van der Waals surface area (Å²) in [5.74, 6) is -1.01. The number of nitrogens with zero attached hydrogens (tertiary/aromatic N) is 1. The number of carboxylic acid groups (broad SMARTS) is 1. The van der Waals surface area contributed by atoms with E-state index in [0.717, 1.165) is 16.0 Å². The fourth-order valence-electron chi connectivity index (χ4n) is 1.48. The number of aromatic carboxylic acids is 1. The van der Waals surface area contributed by atoms with E-state index in [0.29, 0.717) is 0 Å². The van der Waals surface area contributed by atoms with Gasteiger partial charge in [0.15, 0.2) is 0 Å². The number of thiophene rings is 1. The van der Waals surface area contributed by atoms with Crippen molar-refractivity contribution in [1.82, 2.24) is 4.98 Å². The summed E-state index contributed by atoms with van der Waals surface area (Å²) in [6, 6.07) is 3.50. The van der Waals surface area contributed by atoms with E-state index in [1.54, 1.807) is 23.6 Å². The van der Waals surface area contributed by atoms with Gasteiger partial charge in [-0.25, -0.2) is 9.78 Å². The van der Waals surface area contributed by atoms with Crippen LogP contribution in [0.2, 0.25) is 0 Å². The molecule has 2 heterocycles. The lowest BCUT2D eigenvalue weighted by Crippen LogP contribution is -2.04. The molecule has 0 aliphatic heterocycles. The molecule has 0 radical (unpaired) electrons. The van der Waals surface area contributed by atoms with Gasteiger partial charge in [-0.1, -0.05) is 0 Å². The van der Waals surface area contributed by atoms with E-state index >= 15 is 0 Å². The van der Waals surface area contributed by atoms with Crippen molar-refractivity contribution in [2.45, 2.75) is 6.92 Å². The fraction of sp³-hybridized carbons (Fsp3) is 0.0909. The quantitative estimate of drug-likeness (QED) is 0.836. The van der Waals surface area contributed by atoms with E-state index in [9.17, 15) is 4.79 Å². The highest BCUT2D eigenvalue weighted by Gasteiger charge is 2.12. The second-order valence-corrected chi connectivity index (χ2v) is 4.47. The molecule has 0 aliphatic carbocycles. The molecule has 0 amide bonds. The fourth-order valence-corrected chi connectivity index (χ4v) is 2.20. The first-order valence-corrected chi connectivity index (χ1v) is 5.51. The zero-order valence-corrected chi connectivity index (χ0v) is 9.41. The molecule has 0 unspecified atom stereocenters.